The average Bonchev–Trinajstić information content (AvgIpc) is 2.61. The summed E-state index contributed by atoms with van der Waals surface area (Å²) in [4.78, 5) is 0. The van der Waals surface area contributed by atoms with Gasteiger partial charge in [0.25, 0.3) is 0 Å². The van der Waals surface area contributed by atoms with Crippen molar-refractivity contribution in [1.29, 1.82) is 0 Å². The van der Waals surface area contributed by atoms with Crippen molar-refractivity contribution in [2.75, 3.05) is 6.61 Å². The third kappa shape index (κ3) is 1.22. The highest BCUT2D eigenvalue weighted by Gasteiger charge is 2.20. The van der Waals surface area contributed by atoms with Crippen molar-refractivity contribution in [2.45, 2.75) is 31.7 Å². The summed E-state index contributed by atoms with van der Waals surface area (Å²) in [7, 11) is 0. The van der Waals surface area contributed by atoms with Crippen LogP contribution < -0.4 is 10.5 Å². The van der Waals surface area contributed by atoms with Gasteiger partial charge in [-0.25, -0.2) is 0 Å². The van der Waals surface area contributed by atoms with Gasteiger partial charge >= 0.3 is 0 Å². The lowest BCUT2D eigenvalue weighted by Gasteiger charge is -2.22. The van der Waals surface area contributed by atoms with E-state index in [0.717, 1.165) is 38.0 Å². The number of hydrogen-bond acceptors (Lipinski definition) is 2. The van der Waals surface area contributed by atoms with Crippen molar-refractivity contribution in [2.24, 2.45) is 5.73 Å². The van der Waals surface area contributed by atoms with Crippen LogP contribution in [0.1, 0.15) is 23.1 Å². The molecule has 0 saturated heterocycles. The average molecular weight is 189 g/mol. The van der Waals surface area contributed by atoms with E-state index >= 15 is 0 Å². The van der Waals surface area contributed by atoms with E-state index in [-0.39, 0.29) is 0 Å². The molecule has 0 spiro atoms. The van der Waals surface area contributed by atoms with Crippen molar-refractivity contribution in [3.05, 3.63) is 28.8 Å². The molecule has 0 fully saturated rings. The van der Waals surface area contributed by atoms with E-state index in [0.29, 0.717) is 6.04 Å². The first kappa shape index (κ1) is 8.30. The normalized spacial score (nSPS) is 23.9. The van der Waals surface area contributed by atoms with E-state index in [1.165, 1.54) is 16.7 Å². The summed E-state index contributed by atoms with van der Waals surface area (Å²) in [6.45, 7) is 0.851. The van der Waals surface area contributed by atoms with Gasteiger partial charge in [0, 0.05) is 12.5 Å². The second-order valence-corrected chi connectivity index (χ2v) is 4.33. The van der Waals surface area contributed by atoms with Crippen molar-refractivity contribution >= 4 is 0 Å². The lowest BCUT2D eigenvalue weighted by atomic mass is 9.87. The summed E-state index contributed by atoms with van der Waals surface area (Å²) < 4.78 is 5.56. The SMILES string of the molecule is N[C@H]1CCc2cc3c(cc2C1)CCO3. The van der Waals surface area contributed by atoms with Gasteiger partial charge in [0.15, 0.2) is 0 Å². The molecule has 14 heavy (non-hydrogen) atoms. The first-order valence-electron chi connectivity index (χ1n) is 5.36. The van der Waals surface area contributed by atoms with Crippen LogP contribution in [-0.2, 0) is 19.3 Å². The van der Waals surface area contributed by atoms with Gasteiger partial charge in [-0.2, -0.15) is 0 Å². The van der Waals surface area contributed by atoms with E-state index in [9.17, 15) is 0 Å². The predicted octanol–water partition coefficient (Wildman–Crippen LogP) is 1.44. The lowest BCUT2D eigenvalue weighted by molar-refractivity contribution is 0.356. The molecule has 2 nitrogen and oxygen atoms in total. The smallest absolute Gasteiger partial charge is 0.122 e. The molecule has 3 rings (SSSR count). The Labute approximate surface area is 84.1 Å². The standard InChI is InChI=1S/C12H15NO/c13-11-2-1-8-7-12-9(3-4-14-12)5-10(8)6-11/h5,7,11H,1-4,6,13H2/t11-/m0/s1. The van der Waals surface area contributed by atoms with Crippen LogP contribution in [0.15, 0.2) is 12.1 Å². The van der Waals surface area contributed by atoms with Gasteiger partial charge in [0.1, 0.15) is 5.75 Å². The van der Waals surface area contributed by atoms with E-state index < -0.39 is 0 Å². The molecule has 1 aliphatic heterocycles. The van der Waals surface area contributed by atoms with Crippen molar-refractivity contribution in [3.8, 4) is 5.75 Å². The molecule has 74 valence electrons. The molecule has 0 radical (unpaired) electrons. The Morgan fingerprint density at radius 2 is 2.07 bits per heavy atom. The molecule has 2 aliphatic rings. The van der Waals surface area contributed by atoms with Crippen LogP contribution in [-0.4, -0.2) is 12.6 Å². The van der Waals surface area contributed by atoms with Crippen LogP contribution in [0.5, 0.6) is 5.75 Å². The molecule has 1 atom stereocenters. The topological polar surface area (TPSA) is 35.2 Å². The molecule has 1 aromatic carbocycles. The Morgan fingerprint density at radius 3 is 3.00 bits per heavy atom. The van der Waals surface area contributed by atoms with Gasteiger partial charge in [0.05, 0.1) is 6.61 Å². The largest absolute Gasteiger partial charge is 0.493 e. The number of benzene rings is 1. The highest BCUT2D eigenvalue weighted by Crippen LogP contribution is 2.32. The van der Waals surface area contributed by atoms with Gasteiger partial charge < -0.3 is 10.5 Å². The van der Waals surface area contributed by atoms with Crippen molar-refractivity contribution in [3.63, 3.8) is 0 Å². The summed E-state index contributed by atoms with van der Waals surface area (Å²) in [6.07, 6.45) is 4.35. The maximum atomic E-state index is 5.96. The minimum Gasteiger partial charge on any atom is -0.493 e. The Morgan fingerprint density at radius 1 is 1.14 bits per heavy atom. The number of nitrogens with two attached hydrogens (primary N) is 1. The monoisotopic (exact) mass is 189 g/mol. The second kappa shape index (κ2) is 2.99. The first-order valence-corrected chi connectivity index (χ1v) is 5.36. The second-order valence-electron chi connectivity index (χ2n) is 4.33. The van der Waals surface area contributed by atoms with Gasteiger partial charge in [-0.15, -0.1) is 0 Å². The van der Waals surface area contributed by atoms with Gasteiger partial charge in [-0.1, -0.05) is 6.07 Å². The van der Waals surface area contributed by atoms with E-state index in [4.69, 9.17) is 10.5 Å². The molecule has 0 amide bonds. The highest BCUT2D eigenvalue weighted by atomic mass is 16.5. The molecule has 0 unspecified atom stereocenters. The summed E-state index contributed by atoms with van der Waals surface area (Å²) in [5.41, 5.74) is 10.2. The molecule has 1 aromatic rings. The Kier molecular flexibility index (Phi) is 1.77. The van der Waals surface area contributed by atoms with Crippen LogP contribution >= 0.6 is 0 Å². The third-order valence-corrected chi connectivity index (χ3v) is 3.28. The van der Waals surface area contributed by atoms with Gasteiger partial charge in [-0.3, -0.25) is 0 Å². The van der Waals surface area contributed by atoms with E-state index in [1.807, 2.05) is 0 Å². The first-order chi connectivity index (χ1) is 6.83. The fraction of sp³-hybridized carbons (Fsp3) is 0.500. The fourth-order valence-corrected chi connectivity index (χ4v) is 2.47. The maximum Gasteiger partial charge on any atom is 0.122 e. The number of rotatable bonds is 0. The van der Waals surface area contributed by atoms with Crippen LogP contribution in [0, 0.1) is 0 Å². The quantitative estimate of drug-likeness (QED) is 0.670. The number of aryl methyl sites for hydroxylation is 1. The summed E-state index contributed by atoms with van der Waals surface area (Å²) >= 11 is 0. The Bertz CT molecular complexity index is 373. The molecular formula is C12H15NO. The lowest BCUT2D eigenvalue weighted by Crippen LogP contribution is -2.27. The summed E-state index contributed by atoms with van der Waals surface area (Å²) in [5, 5.41) is 0. The molecule has 1 heterocycles. The van der Waals surface area contributed by atoms with Gasteiger partial charge in [-0.05, 0) is 42.0 Å². The summed E-state index contributed by atoms with van der Waals surface area (Å²) in [5.74, 6) is 1.11. The minimum atomic E-state index is 0.364. The van der Waals surface area contributed by atoms with E-state index in [2.05, 4.69) is 12.1 Å². The van der Waals surface area contributed by atoms with Crippen LogP contribution in [0.25, 0.3) is 0 Å². The van der Waals surface area contributed by atoms with E-state index in [1.54, 1.807) is 0 Å². The number of fused-ring (bicyclic) bond motifs is 2. The Balaban J connectivity index is 2.06. The molecule has 0 aromatic heterocycles. The Hall–Kier alpha value is -1.02. The predicted molar refractivity (Wildman–Crippen MR) is 55.6 cm³/mol. The molecule has 2 heteroatoms. The van der Waals surface area contributed by atoms with Crippen LogP contribution in [0.3, 0.4) is 0 Å². The molecular weight excluding hydrogens is 174 g/mol. The fourth-order valence-electron chi connectivity index (χ4n) is 2.47. The van der Waals surface area contributed by atoms with Crippen LogP contribution in [0.4, 0.5) is 0 Å². The van der Waals surface area contributed by atoms with Crippen molar-refractivity contribution < 1.29 is 4.74 Å². The van der Waals surface area contributed by atoms with Gasteiger partial charge in [0.2, 0.25) is 0 Å². The van der Waals surface area contributed by atoms with Crippen LogP contribution in [0.2, 0.25) is 0 Å². The zero-order chi connectivity index (χ0) is 9.54. The molecule has 1 aliphatic carbocycles. The molecule has 0 bridgehead atoms. The highest BCUT2D eigenvalue weighted by molar-refractivity contribution is 5.46. The number of hydrogen-bond donors (Lipinski definition) is 1. The van der Waals surface area contributed by atoms with Crippen molar-refractivity contribution in [1.82, 2.24) is 0 Å². The molecule has 0 saturated carbocycles. The zero-order valence-electron chi connectivity index (χ0n) is 8.25. The minimum absolute atomic E-state index is 0.364. The maximum absolute atomic E-state index is 5.96. The number of ether oxygens (including phenoxy) is 1. The zero-order valence-corrected chi connectivity index (χ0v) is 8.25. The summed E-state index contributed by atoms with van der Waals surface area (Å²) in [6, 6.07) is 4.89. The third-order valence-electron chi connectivity index (χ3n) is 3.28. The molecule has 2 N–H and O–H groups in total.